The van der Waals surface area contributed by atoms with Gasteiger partial charge >= 0.3 is 17.9 Å². The summed E-state index contributed by atoms with van der Waals surface area (Å²) in [5, 5.41) is 0. The molecule has 0 aliphatic rings. The average molecular weight is 275 g/mol. The molecular weight excluding hydrogens is 254 g/mol. The molecule has 0 aromatic carbocycles. The smallest absolute Gasteiger partial charge is 0.323 e. The summed E-state index contributed by atoms with van der Waals surface area (Å²) >= 11 is 0. The lowest BCUT2D eigenvalue weighted by molar-refractivity contribution is -0.160. The van der Waals surface area contributed by atoms with Crippen LogP contribution < -0.4 is 5.73 Å². The highest BCUT2D eigenvalue weighted by Crippen LogP contribution is 2.13. The van der Waals surface area contributed by atoms with Crippen molar-refractivity contribution >= 4 is 17.9 Å². The van der Waals surface area contributed by atoms with Crippen LogP contribution >= 0.6 is 0 Å². The maximum absolute atomic E-state index is 11.7. The van der Waals surface area contributed by atoms with Gasteiger partial charge in [0.05, 0.1) is 32.2 Å². The lowest BCUT2D eigenvalue weighted by Crippen LogP contribution is -2.45. The van der Waals surface area contributed by atoms with E-state index in [1.165, 1.54) is 0 Å². The predicted octanol–water partition coefficient (Wildman–Crippen LogP) is 0.00930. The topological polar surface area (TPSA) is 105 Å². The zero-order valence-electron chi connectivity index (χ0n) is 11.5. The lowest BCUT2D eigenvalue weighted by Gasteiger charge is -2.20. The Bertz CT molecular complexity index is 317. The van der Waals surface area contributed by atoms with Crippen LogP contribution in [0.1, 0.15) is 27.2 Å². The van der Waals surface area contributed by atoms with Gasteiger partial charge in [-0.25, -0.2) is 0 Å². The third-order valence-corrected chi connectivity index (χ3v) is 2.27. The molecule has 0 aromatic heterocycles. The van der Waals surface area contributed by atoms with Crippen LogP contribution in [0.4, 0.5) is 0 Å². The standard InChI is InChI=1S/C12H21NO6/c1-4-17-9(14)7-8(11(15)18-5-2)10(13)12(16)19-6-3/h8,10H,4-7,13H2,1-3H3/t8-,10-/m0/s1. The van der Waals surface area contributed by atoms with E-state index in [1.54, 1.807) is 20.8 Å². The number of carbonyl (C=O) groups excluding carboxylic acids is 3. The van der Waals surface area contributed by atoms with Crippen molar-refractivity contribution in [3.05, 3.63) is 0 Å². The Balaban J connectivity index is 4.79. The first-order chi connectivity index (χ1) is 8.97. The van der Waals surface area contributed by atoms with Crippen LogP contribution in [-0.4, -0.2) is 43.8 Å². The molecule has 0 spiro atoms. The fraction of sp³-hybridized carbons (Fsp3) is 0.750. The van der Waals surface area contributed by atoms with Crippen molar-refractivity contribution in [1.82, 2.24) is 0 Å². The molecule has 0 rings (SSSR count). The van der Waals surface area contributed by atoms with Crippen molar-refractivity contribution in [3.8, 4) is 0 Å². The first kappa shape index (κ1) is 17.4. The zero-order valence-corrected chi connectivity index (χ0v) is 11.5. The van der Waals surface area contributed by atoms with E-state index in [2.05, 4.69) is 0 Å². The first-order valence-corrected chi connectivity index (χ1v) is 6.22. The molecule has 7 heteroatoms. The van der Waals surface area contributed by atoms with E-state index in [1.807, 2.05) is 0 Å². The van der Waals surface area contributed by atoms with E-state index in [9.17, 15) is 14.4 Å². The summed E-state index contributed by atoms with van der Waals surface area (Å²) in [7, 11) is 0. The fourth-order valence-corrected chi connectivity index (χ4v) is 1.41. The number of carbonyl (C=O) groups is 3. The molecule has 7 nitrogen and oxygen atoms in total. The minimum absolute atomic E-state index is 0.133. The highest BCUT2D eigenvalue weighted by Gasteiger charge is 2.35. The summed E-state index contributed by atoms with van der Waals surface area (Å²) < 4.78 is 14.3. The molecule has 0 radical (unpaired) electrons. The second-order valence-electron chi connectivity index (χ2n) is 3.65. The summed E-state index contributed by atoms with van der Waals surface area (Å²) in [5.41, 5.74) is 5.64. The minimum Gasteiger partial charge on any atom is -0.466 e. The van der Waals surface area contributed by atoms with Crippen LogP contribution in [0.5, 0.6) is 0 Å². The van der Waals surface area contributed by atoms with Gasteiger partial charge in [-0.3, -0.25) is 14.4 Å². The van der Waals surface area contributed by atoms with Gasteiger partial charge in [-0.1, -0.05) is 0 Å². The minimum atomic E-state index is -1.25. The fourth-order valence-electron chi connectivity index (χ4n) is 1.41. The quantitative estimate of drug-likeness (QED) is 0.491. The molecule has 0 aromatic rings. The first-order valence-electron chi connectivity index (χ1n) is 6.22. The van der Waals surface area contributed by atoms with Gasteiger partial charge in [-0.15, -0.1) is 0 Å². The molecule has 0 saturated heterocycles. The normalized spacial score (nSPS) is 13.3. The van der Waals surface area contributed by atoms with Crippen LogP contribution in [0, 0.1) is 5.92 Å². The molecule has 0 saturated carbocycles. The highest BCUT2D eigenvalue weighted by molar-refractivity contribution is 5.87. The predicted molar refractivity (Wildman–Crippen MR) is 66.0 cm³/mol. The Morgan fingerprint density at radius 2 is 1.37 bits per heavy atom. The van der Waals surface area contributed by atoms with Gasteiger partial charge in [0.15, 0.2) is 0 Å². The van der Waals surface area contributed by atoms with E-state index in [-0.39, 0.29) is 26.2 Å². The largest absolute Gasteiger partial charge is 0.466 e. The van der Waals surface area contributed by atoms with Gasteiger partial charge < -0.3 is 19.9 Å². The number of rotatable bonds is 8. The van der Waals surface area contributed by atoms with Gasteiger partial charge in [-0.2, -0.15) is 0 Å². The van der Waals surface area contributed by atoms with E-state index in [4.69, 9.17) is 19.9 Å². The molecule has 0 fully saturated rings. The SMILES string of the molecule is CCOC(=O)C[C@H](C(=O)OCC)[C@H](N)C(=O)OCC. The van der Waals surface area contributed by atoms with Crippen LogP contribution in [0.2, 0.25) is 0 Å². The van der Waals surface area contributed by atoms with Crippen molar-refractivity contribution in [2.24, 2.45) is 11.7 Å². The van der Waals surface area contributed by atoms with Crippen molar-refractivity contribution < 1.29 is 28.6 Å². The van der Waals surface area contributed by atoms with Crippen LogP contribution in [-0.2, 0) is 28.6 Å². The number of nitrogens with two attached hydrogens (primary N) is 1. The van der Waals surface area contributed by atoms with Crippen molar-refractivity contribution in [1.29, 1.82) is 0 Å². The van der Waals surface area contributed by atoms with Gasteiger partial charge in [0.1, 0.15) is 6.04 Å². The molecule has 0 bridgehead atoms. The molecule has 0 unspecified atom stereocenters. The molecule has 19 heavy (non-hydrogen) atoms. The molecule has 2 atom stereocenters. The second kappa shape index (κ2) is 9.32. The van der Waals surface area contributed by atoms with E-state index < -0.39 is 29.9 Å². The maximum Gasteiger partial charge on any atom is 0.323 e. The summed E-state index contributed by atoms with van der Waals surface area (Å²) in [4.78, 5) is 34.7. The molecule has 0 amide bonds. The highest BCUT2D eigenvalue weighted by atomic mass is 16.5. The zero-order chi connectivity index (χ0) is 14.8. The van der Waals surface area contributed by atoms with Gasteiger partial charge in [0, 0.05) is 0 Å². The maximum atomic E-state index is 11.7. The molecule has 0 aliphatic heterocycles. The summed E-state index contributed by atoms with van der Waals surface area (Å²) in [6.45, 7) is 5.34. The van der Waals surface area contributed by atoms with Gasteiger partial charge in [-0.05, 0) is 20.8 Å². The van der Waals surface area contributed by atoms with Crippen LogP contribution in [0.15, 0.2) is 0 Å². The van der Waals surface area contributed by atoms with Crippen molar-refractivity contribution in [2.75, 3.05) is 19.8 Å². The van der Waals surface area contributed by atoms with Crippen molar-refractivity contribution in [2.45, 2.75) is 33.2 Å². The van der Waals surface area contributed by atoms with Gasteiger partial charge in [0.25, 0.3) is 0 Å². The number of esters is 3. The van der Waals surface area contributed by atoms with Gasteiger partial charge in [0.2, 0.25) is 0 Å². The summed E-state index contributed by atoms with van der Waals surface area (Å²) in [5.74, 6) is -3.17. The van der Waals surface area contributed by atoms with Crippen LogP contribution in [0.25, 0.3) is 0 Å². The summed E-state index contributed by atoms with van der Waals surface area (Å²) in [6, 6.07) is -1.25. The number of ether oxygens (including phenoxy) is 3. The Hall–Kier alpha value is -1.63. The third kappa shape index (κ3) is 6.19. The van der Waals surface area contributed by atoms with E-state index >= 15 is 0 Å². The number of hydrogen-bond donors (Lipinski definition) is 1. The Morgan fingerprint density at radius 1 is 0.895 bits per heavy atom. The number of hydrogen-bond acceptors (Lipinski definition) is 7. The molecule has 0 heterocycles. The molecule has 2 N–H and O–H groups in total. The average Bonchev–Trinajstić information content (AvgIpc) is 2.36. The molecule has 0 aliphatic carbocycles. The Kier molecular flexibility index (Phi) is 8.52. The second-order valence-corrected chi connectivity index (χ2v) is 3.65. The van der Waals surface area contributed by atoms with E-state index in [0.717, 1.165) is 0 Å². The molecule has 110 valence electrons. The Labute approximate surface area is 112 Å². The third-order valence-electron chi connectivity index (χ3n) is 2.27. The monoisotopic (exact) mass is 275 g/mol. The van der Waals surface area contributed by atoms with E-state index in [0.29, 0.717) is 0 Å². The summed E-state index contributed by atoms with van der Waals surface area (Å²) in [6.07, 6.45) is -0.313. The van der Waals surface area contributed by atoms with Crippen LogP contribution in [0.3, 0.4) is 0 Å². The Morgan fingerprint density at radius 3 is 1.84 bits per heavy atom. The lowest BCUT2D eigenvalue weighted by atomic mass is 9.97. The molecular formula is C12H21NO6. The van der Waals surface area contributed by atoms with Crippen molar-refractivity contribution in [3.63, 3.8) is 0 Å².